The number of alkyl halides is 3. The maximum absolute atomic E-state index is 12.3. The minimum absolute atomic E-state index is 0.328. The minimum atomic E-state index is -4.76. The molecule has 0 aliphatic carbocycles. The van der Waals surface area contributed by atoms with Crippen molar-refractivity contribution in [1.82, 2.24) is 19.9 Å². The molecule has 1 amide bonds. The Morgan fingerprint density at radius 3 is 2.65 bits per heavy atom. The van der Waals surface area contributed by atoms with Gasteiger partial charge in [0.15, 0.2) is 5.65 Å². The lowest BCUT2D eigenvalue weighted by atomic mass is 10.3. The normalized spacial score (nSPS) is 12.8. The zero-order valence-electron chi connectivity index (χ0n) is 13.2. The standard InChI is InChI=1S/C15H12F3N5O2S/c1-8(26-14-11-12(20-6-19-11)21-7-22-14)13(24)23-9-2-4-10(5-3-9)25-15(16,17)18/h2-8H,1H3,(H,23,24)(H,19,20,21,22)/t8-/m0/s1. The van der Waals surface area contributed by atoms with Crippen LogP contribution in [0.5, 0.6) is 5.75 Å². The fourth-order valence-corrected chi connectivity index (χ4v) is 2.91. The van der Waals surface area contributed by atoms with Gasteiger partial charge in [-0.1, -0.05) is 11.8 Å². The summed E-state index contributed by atoms with van der Waals surface area (Å²) in [6.45, 7) is 1.69. The van der Waals surface area contributed by atoms with Crippen molar-refractivity contribution in [2.24, 2.45) is 0 Å². The summed E-state index contributed by atoms with van der Waals surface area (Å²) in [5.41, 5.74) is 1.48. The molecule has 0 aliphatic heterocycles. The third-order valence-electron chi connectivity index (χ3n) is 3.20. The first-order valence-electron chi connectivity index (χ1n) is 7.29. The zero-order valence-corrected chi connectivity index (χ0v) is 14.1. The van der Waals surface area contributed by atoms with Crippen LogP contribution in [0.4, 0.5) is 18.9 Å². The van der Waals surface area contributed by atoms with Crippen molar-refractivity contribution in [3.05, 3.63) is 36.9 Å². The first-order valence-corrected chi connectivity index (χ1v) is 8.17. The van der Waals surface area contributed by atoms with Crippen LogP contribution in [-0.4, -0.2) is 37.5 Å². The molecule has 0 fully saturated rings. The Morgan fingerprint density at radius 2 is 1.96 bits per heavy atom. The number of carbonyl (C=O) groups is 1. The quantitative estimate of drug-likeness (QED) is 0.518. The molecule has 3 aromatic rings. The van der Waals surface area contributed by atoms with Gasteiger partial charge in [0, 0.05) is 5.69 Å². The number of H-pyrrole nitrogens is 1. The molecule has 26 heavy (non-hydrogen) atoms. The van der Waals surface area contributed by atoms with Crippen LogP contribution in [0, 0.1) is 0 Å². The molecule has 11 heteroatoms. The fraction of sp³-hybridized carbons (Fsp3) is 0.200. The van der Waals surface area contributed by atoms with Crippen molar-refractivity contribution in [2.45, 2.75) is 23.6 Å². The van der Waals surface area contributed by atoms with E-state index in [1.54, 1.807) is 6.92 Å². The van der Waals surface area contributed by atoms with Gasteiger partial charge < -0.3 is 15.0 Å². The molecule has 136 valence electrons. The van der Waals surface area contributed by atoms with Gasteiger partial charge in [-0.05, 0) is 31.2 Å². The van der Waals surface area contributed by atoms with Crippen LogP contribution in [0.25, 0.3) is 11.2 Å². The van der Waals surface area contributed by atoms with E-state index in [-0.39, 0.29) is 11.7 Å². The Labute approximate surface area is 149 Å². The summed E-state index contributed by atoms with van der Waals surface area (Å²) in [6, 6.07) is 4.90. The number of fused-ring (bicyclic) bond motifs is 1. The number of amides is 1. The molecule has 2 aromatic heterocycles. The molecule has 0 saturated heterocycles. The minimum Gasteiger partial charge on any atom is -0.406 e. The van der Waals surface area contributed by atoms with Crippen LogP contribution >= 0.6 is 11.8 Å². The van der Waals surface area contributed by atoms with Crippen LogP contribution in [0.15, 0.2) is 41.9 Å². The van der Waals surface area contributed by atoms with Crippen LogP contribution in [0.2, 0.25) is 0 Å². The van der Waals surface area contributed by atoms with Crippen molar-refractivity contribution < 1.29 is 22.7 Å². The predicted octanol–water partition coefficient (Wildman–Crippen LogP) is 3.37. The van der Waals surface area contributed by atoms with Gasteiger partial charge in [-0.25, -0.2) is 15.0 Å². The maximum Gasteiger partial charge on any atom is 0.573 e. The number of rotatable bonds is 5. The number of nitrogens with one attached hydrogen (secondary N) is 2. The molecule has 0 spiro atoms. The van der Waals surface area contributed by atoms with Crippen molar-refractivity contribution in [1.29, 1.82) is 0 Å². The van der Waals surface area contributed by atoms with Gasteiger partial charge in [0.1, 0.15) is 22.6 Å². The van der Waals surface area contributed by atoms with Gasteiger partial charge in [0.25, 0.3) is 0 Å². The molecular weight excluding hydrogens is 371 g/mol. The Kier molecular flexibility index (Phi) is 4.98. The molecule has 0 saturated carbocycles. The van der Waals surface area contributed by atoms with E-state index in [4.69, 9.17) is 0 Å². The third-order valence-corrected chi connectivity index (χ3v) is 4.30. The van der Waals surface area contributed by atoms with Gasteiger partial charge in [-0.3, -0.25) is 4.79 Å². The number of carbonyl (C=O) groups excluding carboxylic acids is 1. The first-order chi connectivity index (χ1) is 12.3. The van der Waals surface area contributed by atoms with Gasteiger partial charge in [-0.15, -0.1) is 13.2 Å². The van der Waals surface area contributed by atoms with E-state index < -0.39 is 11.6 Å². The van der Waals surface area contributed by atoms with Crippen molar-refractivity contribution >= 4 is 34.5 Å². The second-order valence-corrected chi connectivity index (χ2v) is 6.43. The number of thioether (sulfide) groups is 1. The number of benzene rings is 1. The van der Waals surface area contributed by atoms with E-state index in [0.717, 1.165) is 12.1 Å². The number of nitrogens with zero attached hydrogens (tertiary/aromatic N) is 3. The molecule has 3 rings (SSSR count). The molecule has 7 nitrogen and oxygen atoms in total. The summed E-state index contributed by atoms with van der Waals surface area (Å²) in [4.78, 5) is 27.4. The van der Waals surface area contributed by atoms with E-state index in [1.807, 2.05) is 0 Å². The Bertz CT molecular complexity index is 914. The summed E-state index contributed by atoms with van der Waals surface area (Å²) in [7, 11) is 0. The number of imidazole rings is 1. The van der Waals surface area contributed by atoms with Crippen molar-refractivity contribution in [3.8, 4) is 5.75 Å². The van der Waals surface area contributed by atoms with E-state index in [2.05, 4.69) is 30.0 Å². The van der Waals surface area contributed by atoms with Gasteiger partial charge in [-0.2, -0.15) is 0 Å². The Morgan fingerprint density at radius 1 is 1.23 bits per heavy atom. The highest BCUT2D eigenvalue weighted by Crippen LogP contribution is 2.27. The monoisotopic (exact) mass is 383 g/mol. The summed E-state index contributed by atoms with van der Waals surface area (Å²) in [6.07, 6.45) is -1.92. The number of hydrogen-bond donors (Lipinski definition) is 2. The molecule has 0 aliphatic rings. The van der Waals surface area contributed by atoms with E-state index in [9.17, 15) is 18.0 Å². The van der Waals surface area contributed by atoms with Crippen LogP contribution in [0.3, 0.4) is 0 Å². The molecule has 2 heterocycles. The summed E-state index contributed by atoms with van der Waals surface area (Å²) in [5.74, 6) is -0.689. The molecule has 1 aromatic carbocycles. The number of aromatic nitrogens is 4. The lowest BCUT2D eigenvalue weighted by Gasteiger charge is -2.13. The number of aromatic amines is 1. The fourth-order valence-electron chi connectivity index (χ4n) is 2.04. The van der Waals surface area contributed by atoms with Crippen LogP contribution in [-0.2, 0) is 4.79 Å². The molecular formula is C15H12F3N5O2S. The largest absolute Gasteiger partial charge is 0.573 e. The lowest BCUT2D eigenvalue weighted by Crippen LogP contribution is -2.22. The maximum atomic E-state index is 12.3. The number of halogens is 3. The molecule has 0 unspecified atom stereocenters. The lowest BCUT2D eigenvalue weighted by molar-refractivity contribution is -0.274. The molecule has 0 radical (unpaired) electrons. The van der Waals surface area contributed by atoms with E-state index in [1.165, 1.54) is 36.5 Å². The van der Waals surface area contributed by atoms with Gasteiger partial charge >= 0.3 is 6.36 Å². The second kappa shape index (κ2) is 7.20. The molecule has 2 N–H and O–H groups in total. The third kappa shape index (κ3) is 4.42. The van der Waals surface area contributed by atoms with Crippen LogP contribution in [0.1, 0.15) is 6.92 Å². The average Bonchev–Trinajstić information content (AvgIpc) is 3.05. The smallest absolute Gasteiger partial charge is 0.406 e. The van der Waals surface area contributed by atoms with Crippen molar-refractivity contribution in [2.75, 3.05) is 5.32 Å². The van der Waals surface area contributed by atoms with Crippen LogP contribution < -0.4 is 10.1 Å². The van der Waals surface area contributed by atoms with E-state index >= 15 is 0 Å². The topological polar surface area (TPSA) is 92.8 Å². The molecule has 0 bridgehead atoms. The Balaban J connectivity index is 1.63. The summed E-state index contributed by atoms with van der Waals surface area (Å²) < 4.78 is 40.2. The molecule has 1 atom stereocenters. The van der Waals surface area contributed by atoms with Gasteiger partial charge in [0.05, 0.1) is 11.6 Å². The highest BCUT2D eigenvalue weighted by molar-refractivity contribution is 8.00. The van der Waals surface area contributed by atoms with Gasteiger partial charge in [0.2, 0.25) is 5.91 Å². The number of ether oxygens (including phenoxy) is 1. The second-order valence-electron chi connectivity index (χ2n) is 5.10. The Hall–Kier alpha value is -2.82. The van der Waals surface area contributed by atoms with E-state index in [0.29, 0.717) is 21.9 Å². The predicted molar refractivity (Wildman–Crippen MR) is 88.8 cm³/mol. The average molecular weight is 383 g/mol. The summed E-state index contributed by atoms with van der Waals surface area (Å²) >= 11 is 1.21. The zero-order chi connectivity index (χ0) is 18.7. The first kappa shape index (κ1) is 18.0. The highest BCUT2D eigenvalue weighted by Gasteiger charge is 2.31. The van der Waals surface area contributed by atoms with Crippen molar-refractivity contribution in [3.63, 3.8) is 0 Å². The number of hydrogen-bond acceptors (Lipinski definition) is 6. The number of anilines is 1. The summed E-state index contributed by atoms with van der Waals surface area (Å²) in [5, 5.41) is 2.69. The SMILES string of the molecule is C[C@H](Sc1ncnc2nc[nH]c12)C(=O)Nc1ccc(OC(F)(F)F)cc1. The highest BCUT2D eigenvalue weighted by atomic mass is 32.2.